The number of rotatable bonds is 4. The van der Waals surface area contributed by atoms with E-state index in [0.29, 0.717) is 18.4 Å². The monoisotopic (exact) mass is 330 g/mol. The Kier molecular flexibility index (Phi) is 5.07. The van der Waals surface area contributed by atoms with Gasteiger partial charge in [-0.05, 0) is 50.2 Å². The Morgan fingerprint density at radius 1 is 1.17 bits per heavy atom. The lowest BCUT2D eigenvalue weighted by Gasteiger charge is -2.33. The van der Waals surface area contributed by atoms with Crippen molar-refractivity contribution in [3.05, 3.63) is 17.8 Å². The summed E-state index contributed by atoms with van der Waals surface area (Å²) in [7, 11) is 0. The predicted octanol–water partition coefficient (Wildman–Crippen LogP) is 3.05. The molecular weight excluding hydrogens is 300 g/mol. The van der Waals surface area contributed by atoms with Crippen LogP contribution >= 0.6 is 0 Å². The number of aromatic nitrogens is 2. The van der Waals surface area contributed by atoms with Crippen LogP contribution in [0.5, 0.6) is 0 Å². The molecule has 1 amide bonds. The molecule has 1 saturated heterocycles. The third kappa shape index (κ3) is 4.25. The quantitative estimate of drug-likeness (QED) is 0.922. The number of carbonyl (C=O) groups excluding carboxylic acids is 1. The lowest BCUT2D eigenvalue weighted by atomic mass is 9.90. The third-order valence-corrected chi connectivity index (χ3v) is 5.30. The first-order valence-electron chi connectivity index (χ1n) is 9.30. The fraction of sp³-hybridized carbons (Fsp3) is 0.737. The standard InChI is InChI=1S/C19H30N4O/c1-19(2,3)16-7-8-17(22-21-16)23-11-9-14(10-12-23)13-18(24)20-15-5-4-6-15/h7-8,14-15H,4-6,9-13H2,1-3H3,(H,20,24). The lowest BCUT2D eigenvalue weighted by molar-refractivity contribution is -0.123. The molecule has 5 nitrogen and oxygen atoms in total. The van der Waals surface area contributed by atoms with E-state index in [9.17, 15) is 4.79 Å². The van der Waals surface area contributed by atoms with Crippen LogP contribution in [0.25, 0.3) is 0 Å². The van der Waals surface area contributed by atoms with Gasteiger partial charge in [0.25, 0.3) is 0 Å². The highest BCUT2D eigenvalue weighted by Gasteiger charge is 2.25. The second kappa shape index (κ2) is 7.08. The van der Waals surface area contributed by atoms with E-state index in [2.05, 4.69) is 53.3 Å². The van der Waals surface area contributed by atoms with Gasteiger partial charge in [-0.2, -0.15) is 5.10 Å². The summed E-state index contributed by atoms with van der Waals surface area (Å²) in [6.07, 6.45) is 6.37. The Balaban J connectivity index is 1.47. The minimum absolute atomic E-state index is 0.0341. The zero-order chi connectivity index (χ0) is 17.2. The molecule has 2 heterocycles. The second-order valence-electron chi connectivity index (χ2n) is 8.36. The molecule has 0 aromatic carbocycles. The number of hydrogen-bond acceptors (Lipinski definition) is 4. The number of amides is 1. The number of piperidine rings is 1. The van der Waals surface area contributed by atoms with Crippen LogP contribution in [0.2, 0.25) is 0 Å². The van der Waals surface area contributed by atoms with Crippen LogP contribution < -0.4 is 10.2 Å². The van der Waals surface area contributed by atoms with Crippen molar-refractivity contribution in [2.24, 2.45) is 5.92 Å². The van der Waals surface area contributed by atoms with Crippen LogP contribution in [0.1, 0.15) is 65.0 Å². The Labute approximate surface area is 145 Å². The van der Waals surface area contributed by atoms with E-state index in [4.69, 9.17) is 0 Å². The maximum Gasteiger partial charge on any atom is 0.220 e. The van der Waals surface area contributed by atoms with E-state index in [1.165, 1.54) is 6.42 Å². The number of anilines is 1. The highest BCUT2D eigenvalue weighted by atomic mass is 16.1. The molecule has 0 unspecified atom stereocenters. The summed E-state index contributed by atoms with van der Waals surface area (Å²) in [5.41, 5.74) is 1.06. The molecule has 0 radical (unpaired) electrons. The van der Waals surface area contributed by atoms with Crippen molar-refractivity contribution < 1.29 is 4.79 Å². The first kappa shape index (κ1) is 17.2. The number of carbonyl (C=O) groups is 1. The first-order chi connectivity index (χ1) is 11.4. The van der Waals surface area contributed by atoms with Gasteiger partial charge in [-0.3, -0.25) is 4.79 Å². The summed E-state index contributed by atoms with van der Waals surface area (Å²) in [4.78, 5) is 14.3. The molecule has 1 aliphatic heterocycles. The van der Waals surface area contributed by atoms with Gasteiger partial charge >= 0.3 is 0 Å². The molecule has 0 bridgehead atoms. The molecule has 132 valence electrons. The van der Waals surface area contributed by atoms with Gasteiger partial charge in [-0.25, -0.2) is 0 Å². The topological polar surface area (TPSA) is 58.1 Å². The van der Waals surface area contributed by atoms with Crippen LogP contribution in [0.3, 0.4) is 0 Å². The van der Waals surface area contributed by atoms with Crippen molar-refractivity contribution in [1.82, 2.24) is 15.5 Å². The fourth-order valence-corrected chi connectivity index (χ4v) is 3.36. The normalized spacial score (nSPS) is 19.9. The minimum Gasteiger partial charge on any atom is -0.355 e. The van der Waals surface area contributed by atoms with Gasteiger partial charge < -0.3 is 10.2 Å². The van der Waals surface area contributed by atoms with Crippen LogP contribution in [0.4, 0.5) is 5.82 Å². The SMILES string of the molecule is CC(C)(C)c1ccc(N2CCC(CC(=O)NC3CCC3)CC2)nn1. The zero-order valence-corrected chi connectivity index (χ0v) is 15.2. The summed E-state index contributed by atoms with van der Waals surface area (Å²) >= 11 is 0. The Morgan fingerprint density at radius 3 is 2.38 bits per heavy atom. The number of nitrogens with zero attached hydrogens (tertiary/aromatic N) is 3. The van der Waals surface area contributed by atoms with Crippen molar-refractivity contribution in [1.29, 1.82) is 0 Å². The first-order valence-corrected chi connectivity index (χ1v) is 9.30. The molecule has 0 spiro atoms. The highest BCUT2D eigenvalue weighted by Crippen LogP contribution is 2.26. The molecule has 1 N–H and O–H groups in total. The fourth-order valence-electron chi connectivity index (χ4n) is 3.36. The molecule has 5 heteroatoms. The van der Waals surface area contributed by atoms with Gasteiger partial charge in [0.15, 0.2) is 5.82 Å². The average molecular weight is 330 g/mol. The van der Waals surface area contributed by atoms with E-state index in [1.54, 1.807) is 0 Å². The highest BCUT2D eigenvalue weighted by molar-refractivity contribution is 5.76. The largest absolute Gasteiger partial charge is 0.355 e. The molecule has 1 aromatic heterocycles. The van der Waals surface area contributed by atoms with E-state index in [0.717, 1.165) is 50.3 Å². The van der Waals surface area contributed by atoms with E-state index >= 15 is 0 Å². The van der Waals surface area contributed by atoms with Gasteiger partial charge in [-0.1, -0.05) is 20.8 Å². The molecule has 1 aliphatic carbocycles. The molecule has 1 saturated carbocycles. The van der Waals surface area contributed by atoms with E-state index in [1.807, 2.05) is 0 Å². The lowest BCUT2D eigenvalue weighted by Crippen LogP contribution is -2.41. The van der Waals surface area contributed by atoms with Crippen molar-refractivity contribution in [2.75, 3.05) is 18.0 Å². The smallest absolute Gasteiger partial charge is 0.220 e. The van der Waals surface area contributed by atoms with Gasteiger partial charge in [0.05, 0.1) is 5.69 Å². The maximum absolute atomic E-state index is 12.1. The molecule has 24 heavy (non-hydrogen) atoms. The van der Waals surface area contributed by atoms with Crippen LogP contribution in [-0.4, -0.2) is 35.2 Å². The van der Waals surface area contributed by atoms with Crippen molar-refractivity contribution in [2.45, 2.75) is 70.8 Å². The molecule has 0 atom stereocenters. The van der Waals surface area contributed by atoms with E-state index < -0.39 is 0 Å². The zero-order valence-electron chi connectivity index (χ0n) is 15.2. The molecule has 2 fully saturated rings. The van der Waals surface area contributed by atoms with Crippen LogP contribution in [0, 0.1) is 5.92 Å². The summed E-state index contributed by atoms with van der Waals surface area (Å²) < 4.78 is 0. The number of hydrogen-bond donors (Lipinski definition) is 1. The Morgan fingerprint density at radius 2 is 1.88 bits per heavy atom. The minimum atomic E-state index is 0.0341. The third-order valence-electron chi connectivity index (χ3n) is 5.30. The summed E-state index contributed by atoms with van der Waals surface area (Å²) in [6, 6.07) is 4.62. The van der Waals surface area contributed by atoms with Crippen LogP contribution in [-0.2, 0) is 10.2 Å². The molecular formula is C19H30N4O. The Hall–Kier alpha value is -1.65. The van der Waals surface area contributed by atoms with Crippen molar-refractivity contribution in [3.63, 3.8) is 0 Å². The van der Waals surface area contributed by atoms with Gasteiger partial charge in [0.2, 0.25) is 5.91 Å². The van der Waals surface area contributed by atoms with Crippen molar-refractivity contribution >= 4 is 11.7 Å². The summed E-state index contributed by atoms with van der Waals surface area (Å²) in [5, 5.41) is 11.9. The summed E-state index contributed by atoms with van der Waals surface area (Å²) in [6.45, 7) is 8.38. The predicted molar refractivity (Wildman–Crippen MR) is 96.1 cm³/mol. The maximum atomic E-state index is 12.1. The molecule has 2 aliphatic rings. The average Bonchev–Trinajstić information content (AvgIpc) is 2.51. The van der Waals surface area contributed by atoms with Gasteiger partial charge in [0.1, 0.15) is 0 Å². The second-order valence-corrected chi connectivity index (χ2v) is 8.36. The van der Waals surface area contributed by atoms with Gasteiger partial charge in [0, 0.05) is 31.0 Å². The van der Waals surface area contributed by atoms with Crippen LogP contribution in [0.15, 0.2) is 12.1 Å². The summed E-state index contributed by atoms with van der Waals surface area (Å²) in [5.74, 6) is 1.70. The molecule has 1 aromatic rings. The molecule has 3 rings (SSSR count). The van der Waals surface area contributed by atoms with Crippen molar-refractivity contribution in [3.8, 4) is 0 Å². The van der Waals surface area contributed by atoms with Gasteiger partial charge in [-0.15, -0.1) is 5.10 Å². The Bertz CT molecular complexity index is 552. The number of nitrogens with one attached hydrogen (secondary N) is 1. The van der Waals surface area contributed by atoms with E-state index in [-0.39, 0.29) is 11.3 Å².